The zero-order valence-electron chi connectivity index (χ0n) is 14.7. The number of nitrogens with zero attached hydrogens (tertiary/aromatic N) is 3. The number of halogens is 1. The van der Waals surface area contributed by atoms with Gasteiger partial charge in [-0.2, -0.15) is 0 Å². The quantitative estimate of drug-likeness (QED) is 0.769. The molecule has 0 radical (unpaired) electrons. The number of aliphatic hydroxyl groups excluding tert-OH is 1. The van der Waals surface area contributed by atoms with Gasteiger partial charge < -0.3 is 10.0 Å². The van der Waals surface area contributed by atoms with Crippen molar-refractivity contribution in [2.45, 2.75) is 33.1 Å². The maximum absolute atomic E-state index is 13.4. The molecule has 25 heavy (non-hydrogen) atoms. The van der Waals surface area contributed by atoms with Crippen LogP contribution < -0.4 is 5.32 Å². The van der Waals surface area contributed by atoms with Crippen LogP contribution in [0.2, 0.25) is 0 Å². The van der Waals surface area contributed by atoms with Crippen LogP contribution in [0.5, 0.6) is 0 Å². The molecule has 1 aromatic heterocycles. The third-order valence-electron chi connectivity index (χ3n) is 3.83. The summed E-state index contributed by atoms with van der Waals surface area (Å²) >= 11 is 0. The van der Waals surface area contributed by atoms with Gasteiger partial charge in [-0.25, -0.2) is 13.9 Å². The lowest BCUT2D eigenvalue weighted by atomic mass is 10.3. The van der Waals surface area contributed by atoms with Crippen molar-refractivity contribution in [2.75, 3.05) is 25.0 Å². The van der Waals surface area contributed by atoms with Crippen LogP contribution in [0.1, 0.15) is 31.9 Å². The second kappa shape index (κ2) is 9.17. The normalized spacial score (nSPS) is 10.7. The van der Waals surface area contributed by atoms with E-state index in [9.17, 15) is 9.18 Å². The molecule has 0 unspecified atom stereocenters. The van der Waals surface area contributed by atoms with Crippen molar-refractivity contribution < 1.29 is 14.3 Å². The highest BCUT2D eigenvalue weighted by molar-refractivity contribution is 5.88. The molecule has 2 aromatic rings. The van der Waals surface area contributed by atoms with E-state index in [4.69, 9.17) is 5.11 Å². The molecule has 0 spiro atoms. The number of unbranched alkanes of at least 4 members (excludes halogenated alkanes) is 1. The van der Waals surface area contributed by atoms with Gasteiger partial charge in [0.1, 0.15) is 5.82 Å². The van der Waals surface area contributed by atoms with Crippen molar-refractivity contribution in [2.24, 2.45) is 0 Å². The monoisotopic (exact) mass is 348 g/mol. The van der Waals surface area contributed by atoms with Gasteiger partial charge in [-0.05, 0) is 38.0 Å². The second-order valence-corrected chi connectivity index (χ2v) is 5.91. The predicted molar refractivity (Wildman–Crippen MR) is 95.5 cm³/mol. The highest BCUT2D eigenvalue weighted by atomic mass is 19.1. The first-order valence-corrected chi connectivity index (χ1v) is 8.54. The Balaban J connectivity index is 2.11. The first kappa shape index (κ1) is 18.9. The molecular weight excluding hydrogens is 323 g/mol. The van der Waals surface area contributed by atoms with Gasteiger partial charge in [0.05, 0.1) is 5.69 Å². The van der Waals surface area contributed by atoms with Crippen molar-refractivity contribution in [3.8, 4) is 5.69 Å². The summed E-state index contributed by atoms with van der Waals surface area (Å²) in [6, 6.07) is 7.63. The number of carbonyl (C=O) groups excluding carboxylic acids is 1. The van der Waals surface area contributed by atoms with E-state index in [0.29, 0.717) is 31.0 Å². The number of aryl methyl sites for hydroxylation is 1. The summed E-state index contributed by atoms with van der Waals surface area (Å²) in [5, 5.41) is 16.1. The molecule has 0 bridgehead atoms. The summed E-state index contributed by atoms with van der Waals surface area (Å²) in [4.78, 5) is 14.1. The Kier molecular flexibility index (Phi) is 6.94. The van der Waals surface area contributed by atoms with Crippen molar-refractivity contribution in [3.05, 3.63) is 41.8 Å². The Morgan fingerprint density at radius 3 is 2.76 bits per heavy atom. The largest absolute Gasteiger partial charge is 0.396 e. The molecule has 0 aliphatic heterocycles. The number of amides is 2. The van der Waals surface area contributed by atoms with Gasteiger partial charge in [0.15, 0.2) is 5.82 Å². The number of carbonyl (C=O) groups is 1. The number of urea groups is 1. The van der Waals surface area contributed by atoms with Crippen molar-refractivity contribution in [1.29, 1.82) is 0 Å². The SMILES string of the molecule is CCCCN(CCCO)C(=O)Nc1cc(C)n(-c2cccc(F)c2)n1. The zero-order chi connectivity index (χ0) is 18.2. The fraction of sp³-hybridized carbons (Fsp3) is 0.444. The molecule has 136 valence electrons. The minimum absolute atomic E-state index is 0.0449. The Hall–Kier alpha value is -2.41. The average molecular weight is 348 g/mol. The summed E-state index contributed by atoms with van der Waals surface area (Å²) < 4.78 is 15.0. The van der Waals surface area contributed by atoms with Gasteiger partial charge in [-0.3, -0.25) is 5.32 Å². The van der Waals surface area contributed by atoms with Gasteiger partial charge in [0.25, 0.3) is 0 Å². The lowest BCUT2D eigenvalue weighted by molar-refractivity contribution is 0.201. The molecule has 0 fully saturated rings. The summed E-state index contributed by atoms with van der Waals surface area (Å²) in [5.74, 6) is 0.0741. The molecule has 0 aliphatic rings. The second-order valence-electron chi connectivity index (χ2n) is 5.91. The molecule has 0 aliphatic carbocycles. The van der Waals surface area contributed by atoms with Crippen LogP contribution in [0.3, 0.4) is 0 Å². The van der Waals surface area contributed by atoms with Crippen LogP contribution in [-0.2, 0) is 0 Å². The van der Waals surface area contributed by atoms with E-state index in [0.717, 1.165) is 18.5 Å². The molecule has 0 saturated carbocycles. The Morgan fingerprint density at radius 2 is 2.08 bits per heavy atom. The maximum Gasteiger partial charge on any atom is 0.323 e. The molecule has 2 rings (SSSR count). The van der Waals surface area contributed by atoms with Crippen LogP contribution >= 0.6 is 0 Å². The minimum Gasteiger partial charge on any atom is -0.396 e. The van der Waals surface area contributed by atoms with E-state index >= 15 is 0 Å². The minimum atomic E-state index is -0.340. The molecule has 6 nitrogen and oxygen atoms in total. The fourth-order valence-electron chi connectivity index (χ4n) is 2.52. The molecule has 2 amide bonds. The number of rotatable bonds is 8. The average Bonchev–Trinajstić information content (AvgIpc) is 2.95. The molecular formula is C18H25FN4O2. The van der Waals surface area contributed by atoms with E-state index in [-0.39, 0.29) is 18.5 Å². The van der Waals surface area contributed by atoms with Gasteiger partial charge in [0.2, 0.25) is 0 Å². The number of hydrogen-bond acceptors (Lipinski definition) is 3. The standard InChI is InChI=1S/C18H25FN4O2/c1-3-4-9-22(10-6-11-24)18(25)20-17-12-14(2)23(21-17)16-8-5-7-15(19)13-16/h5,7-8,12-13,24H,3-4,6,9-11H2,1-2H3,(H,20,21,25). The van der Waals surface area contributed by atoms with E-state index in [1.165, 1.54) is 12.1 Å². The molecule has 1 aromatic carbocycles. The van der Waals surface area contributed by atoms with Gasteiger partial charge >= 0.3 is 6.03 Å². The van der Waals surface area contributed by atoms with E-state index < -0.39 is 0 Å². The van der Waals surface area contributed by atoms with Gasteiger partial charge in [-0.15, -0.1) is 5.10 Å². The van der Waals surface area contributed by atoms with E-state index in [1.54, 1.807) is 27.8 Å². The molecule has 0 saturated heterocycles. The number of aromatic nitrogens is 2. The first-order valence-electron chi connectivity index (χ1n) is 8.54. The number of benzene rings is 1. The fourth-order valence-corrected chi connectivity index (χ4v) is 2.52. The highest BCUT2D eigenvalue weighted by Crippen LogP contribution is 2.16. The Morgan fingerprint density at radius 1 is 1.32 bits per heavy atom. The van der Waals surface area contributed by atoms with Gasteiger partial charge in [0, 0.05) is 31.5 Å². The molecule has 7 heteroatoms. The van der Waals surface area contributed by atoms with Crippen LogP contribution in [0.4, 0.5) is 15.0 Å². The van der Waals surface area contributed by atoms with Crippen molar-refractivity contribution in [1.82, 2.24) is 14.7 Å². The first-order chi connectivity index (χ1) is 12.0. The van der Waals surface area contributed by atoms with Gasteiger partial charge in [-0.1, -0.05) is 19.4 Å². The Labute approximate surface area is 147 Å². The van der Waals surface area contributed by atoms with Crippen LogP contribution in [0.25, 0.3) is 5.69 Å². The van der Waals surface area contributed by atoms with E-state index in [2.05, 4.69) is 17.3 Å². The topological polar surface area (TPSA) is 70.4 Å². The summed E-state index contributed by atoms with van der Waals surface area (Å²) in [6.07, 6.45) is 2.42. The molecule has 1 heterocycles. The highest BCUT2D eigenvalue weighted by Gasteiger charge is 2.15. The predicted octanol–water partition coefficient (Wildman–Crippen LogP) is 3.34. The summed E-state index contributed by atoms with van der Waals surface area (Å²) in [7, 11) is 0. The zero-order valence-corrected chi connectivity index (χ0v) is 14.7. The van der Waals surface area contributed by atoms with Crippen molar-refractivity contribution >= 4 is 11.8 Å². The van der Waals surface area contributed by atoms with Crippen LogP contribution in [0, 0.1) is 12.7 Å². The van der Waals surface area contributed by atoms with Crippen LogP contribution in [-0.4, -0.2) is 45.5 Å². The lowest BCUT2D eigenvalue weighted by Gasteiger charge is -2.22. The molecule has 0 atom stereocenters. The smallest absolute Gasteiger partial charge is 0.323 e. The Bertz CT molecular complexity index is 694. The third kappa shape index (κ3) is 5.29. The number of hydrogen-bond donors (Lipinski definition) is 2. The summed E-state index contributed by atoms with van der Waals surface area (Å²) in [6.45, 7) is 5.07. The number of nitrogens with one attached hydrogen (secondary N) is 1. The van der Waals surface area contributed by atoms with Crippen LogP contribution in [0.15, 0.2) is 30.3 Å². The maximum atomic E-state index is 13.4. The third-order valence-corrected chi connectivity index (χ3v) is 3.83. The molecule has 2 N–H and O–H groups in total. The number of anilines is 1. The summed E-state index contributed by atoms with van der Waals surface area (Å²) in [5.41, 5.74) is 1.39. The lowest BCUT2D eigenvalue weighted by Crippen LogP contribution is -2.37. The van der Waals surface area contributed by atoms with E-state index in [1.807, 2.05) is 6.92 Å². The number of aliphatic hydroxyl groups is 1. The van der Waals surface area contributed by atoms with Crippen molar-refractivity contribution in [3.63, 3.8) is 0 Å².